The quantitative estimate of drug-likeness (QED) is 0.0332. The number of aromatic nitrogens is 8. The molecule has 0 bridgehead atoms. The second-order valence-electron chi connectivity index (χ2n) is 30.8. The minimum Gasteiger partial charge on any atom is -0.497 e. The van der Waals surface area contributed by atoms with Crippen molar-refractivity contribution in [2.75, 3.05) is 61.8 Å². The molecule has 13 aromatic rings. The lowest BCUT2D eigenvalue weighted by atomic mass is 10.00. The number of aromatic carboxylic acids is 5. The number of ether oxygens (including phenoxy) is 5. The predicted octanol–water partition coefficient (Wildman–Crippen LogP) is 18.5. The zero-order valence-corrected chi connectivity index (χ0v) is 69.3. The van der Waals surface area contributed by atoms with Gasteiger partial charge in [0.25, 0.3) is 0 Å². The van der Waals surface area contributed by atoms with Gasteiger partial charge in [0.2, 0.25) is 0 Å². The number of fused-ring (bicyclic) bond motifs is 5. The number of carboxylic acids is 5. The van der Waals surface area contributed by atoms with Crippen molar-refractivity contribution in [2.24, 2.45) is 13.0 Å². The van der Waals surface area contributed by atoms with E-state index in [0.717, 1.165) is 136 Å². The van der Waals surface area contributed by atoms with Gasteiger partial charge in [-0.25, -0.2) is 24.0 Å². The van der Waals surface area contributed by atoms with Crippen molar-refractivity contribution < 1.29 is 73.2 Å². The third-order valence-electron chi connectivity index (χ3n) is 20.8. The van der Waals surface area contributed by atoms with Crippen LogP contribution in [-0.4, -0.2) is 160 Å². The standard InChI is InChI=1S/C21H24N2O4.C20H22N2O3.C19H20N2O3.C18H24N2O2.C14H17NO3/c1-14(2)18-12-17(27-9-8-26-3)10-15-11-19(21(24)25)23(20(15)18)13-16-6-4-5-7-22-16;1-12(2)17-10-16(25-4)8-14-9-18(20(23)24)22(19(14)17)11-15-7-5-6-13(3)21-15;1-12(2)16-10-15(24-3)8-13-9-17(19(22)23)21(18(13)16)11-14-6-4-5-7-20-14;1-12(2)16-11-20(10-13-6-7-19(3)9-13)17-5-4-14(18(21)22)8-15(16)17;1-8(2)11-7-10(18-4)5-9-6-12(14(16)17)15(3)13(9)11/h4-7,10-12,14H,8-9,13H2,1-3H3,(H,24,25);5-10,12H,11H2,1-4H3,(H,23,24);4-10,12H,11H2,1-3H3,(H,22,23);4-5,8,11-13H,6-7,9-10H2,1-3H3,(H,21,22);5-8H,1-4H3,(H,16,17). The molecule has 14 rings (SSSR count). The minimum absolute atomic E-state index is 0.206. The van der Waals surface area contributed by atoms with E-state index in [1.54, 1.807) is 82.8 Å². The summed E-state index contributed by atoms with van der Waals surface area (Å²) in [6.45, 7) is 28.5. The molecular weight excluding hydrogens is 1470 g/mol. The Kier molecular flexibility index (Phi) is 28.4. The van der Waals surface area contributed by atoms with Crippen LogP contribution in [0.15, 0.2) is 164 Å². The molecule has 1 aliphatic rings. The lowest BCUT2D eigenvalue weighted by Crippen LogP contribution is -2.16. The van der Waals surface area contributed by atoms with Gasteiger partial charge in [0, 0.05) is 84.0 Å². The number of carboxylic acid groups (broad SMARTS) is 5. The van der Waals surface area contributed by atoms with Gasteiger partial charge in [-0.1, -0.05) is 87.4 Å². The van der Waals surface area contributed by atoms with Crippen LogP contribution in [0.2, 0.25) is 0 Å². The third kappa shape index (κ3) is 20.1. The smallest absolute Gasteiger partial charge is 0.352 e. The molecule has 1 aliphatic heterocycles. The maximum atomic E-state index is 11.9. The van der Waals surface area contributed by atoms with Crippen molar-refractivity contribution in [1.82, 2.24) is 42.7 Å². The van der Waals surface area contributed by atoms with Crippen molar-refractivity contribution in [3.05, 3.63) is 243 Å². The van der Waals surface area contributed by atoms with Gasteiger partial charge in [0.05, 0.1) is 92.3 Å². The molecule has 1 atom stereocenters. The van der Waals surface area contributed by atoms with Crippen LogP contribution in [0.4, 0.5) is 0 Å². The summed E-state index contributed by atoms with van der Waals surface area (Å²) in [5.74, 6) is 0.367. The highest BCUT2D eigenvalue weighted by Crippen LogP contribution is 2.39. The Hall–Kier alpha value is -12.3. The molecule has 5 aromatic carbocycles. The Labute approximate surface area is 676 Å². The first-order chi connectivity index (χ1) is 55.3. The van der Waals surface area contributed by atoms with E-state index in [0.29, 0.717) is 61.9 Å². The first-order valence-electron chi connectivity index (χ1n) is 38.9. The van der Waals surface area contributed by atoms with Crippen LogP contribution < -0.4 is 18.9 Å². The number of rotatable bonds is 25. The normalized spacial score (nSPS) is 12.8. The number of hydrogen-bond acceptors (Lipinski definition) is 14. The fourth-order valence-electron chi connectivity index (χ4n) is 15.1. The Balaban J connectivity index is 0.000000154. The molecule has 0 radical (unpaired) electrons. The van der Waals surface area contributed by atoms with Gasteiger partial charge in [0.15, 0.2) is 0 Å². The van der Waals surface area contributed by atoms with Gasteiger partial charge in [-0.05, 0) is 218 Å². The number of nitrogens with zero attached hydrogens (tertiary/aromatic N) is 9. The second kappa shape index (κ2) is 38.2. The average molecular weight is 1580 g/mol. The fourth-order valence-corrected chi connectivity index (χ4v) is 15.1. The lowest BCUT2D eigenvalue weighted by molar-refractivity contribution is 0.0675. The first kappa shape index (κ1) is 86.1. The van der Waals surface area contributed by atoms with Crippen LogP contribution in [0.5, 0.6) is 23.0 Å². The number of hydrogen-bond donors (Lipinski definition) is 5. The number of aryl methyl sites for hydroxylation is 2. The summed E-state index contributed by atoms with van der Waals surface area (Å²) in [4.78, 5) is 73.4. The Morgan fingerprint density at radius 2 is 0.862 bits per heavy atom. The monoisotopic (exact) mass is 1580 g/mol. The number of methoxy groups -OCH3 is 4. The van der Waals surface area contributed by atoms with E-state index in [1.807, 2.05) is 136 Å². The first-order valence-corrected chi connectivity index (χ1v) is 38.9. The predicted molar refractivity (Wildman–Crippen MR) is 453 cm³/mol. The van der Waals surface area contributed by atoms with E-state index < -0.39 is 29.8 Å². The molecule has 1 saturated heterocycles. The zero-order valence-electron chi connectivity index (χ0n) is 69.3. The summed E-state index contributed by atoms with van der Waals surface area (Å²) in [6, 6.07) is 44.8. The summed E-state index contributed by atoms with van der Waals surface area (Å²) in [7, 11) is 10.4. The van der Waals surface area contributed by atoms with Gasteiger partial charge in [0.1, 0.15) is 52.4 Å². The Morgan fingerprint density at radius 3 is 1.25 bits per heavy atom. The van der Waals surface area contributed by atoms with E-state index in [1.165, 1.54) is 18.5 Å². The third-order valence-corrected chi connectivity index (χ3v) is 20.8. The van der Waals surface area contributed by atoms with Crippen LogP contribution in [0.25, 0.3) is 54.5 Å². The van der Waals surface area contributed by atoms with Crippen LogP contribution >= 0.6 is 0 Å². The number of carbonyl (C=O) groups is 5. The maximum Gasteiger partial charge on any atom is 0.352 e. The van der Waals surface area contributed by atoms with E-state index in [2.05, 4.69) is 107 Å². The van der Waals surface area contributed by atoms with Crippen molar-refractivity contribution >= 4 is 84.4 Å². The number of benzene rings is 5. The van der Waals surface area contributed by atoms with E-state index in [-0.39, 0.29) is 34.8 Å². The molecule has 5 N–H and O–H groups in total. The molecule has 0 spiro atoms. The van der Waals surface area contributed by atoms with E-state index >= 15 is 0 Å². The molecule has 24 nitrogen and oxygen atoms in total. The summed E-state index contributed by atoms with van der Waals surface area (Å²) in [5.41, 5.74) is 15.2. The molecule has 610 valence electrons. The lowest BCUT2D eigenvalue weighted by Gasteiger charge is -2.16. The van der Waals surface area contributed by atoms with Crippen LogP contribution in [0.3, 0.4) is 0 Å². The number of pyridine rings is 3. The van der Waals surface area contributed by atoms with Crippen molar-refractivity contribution in [2.45, 2.75) is 138 Å². The summed E-state index contributed by atoms with van der Waals surface area (Å²) >= 11 is 0. The topological polar surface area (TPSA) is 299 Å². The van der Waals surface area contributed by atoms with Crippen LogP contribution in [0.1, 0.15) is 208 Å². The van der Waals surface area contributed by atoms with E-state index in [9.17, 15) is 49.5 Å². The summed E-state index contributed by atoms with van der Waals surface area (Å²) < 4.78 is 36.4. The van der Waals surface area contributed by atoms with Gasteiger partial charge in [-0.2, -0.15) is 0 Å². The zero-order chi connectivity index (χ0) is 84.1. The highest BCUT2D eigenvalue weighted by molar-refractivity contribution is 6.00. The molecular formula is C92H107N9O15. The molecule has 8 aromatic heterocycles. The molecule has 116 heavy (non-hydrogen) atoms. The number of likely N-dealkylation sites (tertiary alicyclic amines) is 1. The molecule has 1 fully saturated rings. The Morgan fingerprint density at radius 1 is 0.448 bits per heavy atom. The molecule has 0 aliphatic carbocycles. The van der Waals surface area contributed by atoms with Crippen molar-refractivity contribution in [1.29, 1.82) is 0 Å². The summed E-state index contributed by atoms with van der Waals surface area (Å²) in [6.07, 6.45) is 6.89. The molecule has 9 heterocycles. The molecule has 1 unspecified atom stereocenters. The molecule has 0 saturated carbocycles. The summed E-state index contributed by atoms with van der Waals surface area (Å²) in [5, 5.41) is 52.0. The minimum atomic E-state index is -0.960. The van der Waals surface area contributed by atoms with Crippen molar-refractivity contribution in [3.8, 4) is 23.0 Å². The van der Waals surface area contributed by atoms with E-state index in [4.69, 9.17) is 23.7 Å². The Bertz CT molecular complexity index is 5670. The largest absolute Gasteiger partial charge is 0.497 e. The fraction of sp³-hybridized carbons (Fsp3) is 0.348. The maximum absolute atomic E-state index is 11.9. The van der Waals surface area contributed by atoms with Crippen molar-refractivity contribution in [3.63, 3.8) is 0 Å². The molecule has 24 heteroatoms. The second-order valence-corrected chi connectivity index (χ2v) is 30.8. The highest BCUT2D eigenvalue weighted by Gasteiger charge is 2.27. The van der Waals surface area contributed by atoms with Gasteiger partial charge >= 0.3 is 29.8 Å². The SMILES string of the molecule is CC(C)c1cn(CC2CCN(C)C2)c2ccc(C(=O)O)cc12.COCCOc1cc(C(C)C)c2c(c1)cc(C(=O)O)n2Cc1ccccn1.COc1cc(C(C)C)c2c(c1)cc(C(=O)O)n2C.COc1cc(C(C)C)c2c(c1)cc(C(=O)O)n2Cc1cccc(C)n1.COc1cc(C(C)C)c2c(c1)cc(C(=O)O)n2Cc1ccccn1. The van der Waals surface area contributed by atoms with Crippen LogP contribution in [0, 0.1) is 12.8 Å². The van der Waals surface area contributed by atoms with Crippen LogP contribution in [-0.2, 0) is 38.0 Å². The van der Waals surface area contributed by atoms with Gasteiger partial charge in [-0.3, -0.25) is 15.0 Å². The van der Waals surface area contributed by atoms with Gasteiger partial charge < -0.3 is 77.0 Å². The van der Waals surface area contributed by atoms with Gasteiger partial charge in [-0.15, -0.1) is 0 Å². The molecule has 0 amide bonds. The highest BCUT2D eigenvalue weighted by atomic mass is 16.5. The average Bonchev–Trinajstić information content (AvgIpc) is 1.69.